The van der Waals surface area contributed by atoms with E-state index in [1.807, 2.05) is 0 Å². The van der Waals surface area contributed by atoms with Crippen LogP contribution in [0.4, 0.5) is 0 Å². The van der Waals surface area contributed by atoms with Gasteiger partial charge in [-0.05, 0) is 0 Å². The molecule has 844 valence electrons. The van der Waals surface area contributed by atoms with Crippen LogP contribution < -0.4 is 31.9 Å². The van der Waals surface area contributed by atoms with Crippen LogP contribution >= 0.6 is 0 Å². The number of carboxylic acids is 1. The molecule has 65 nitrogen and oxygen atoms in total. The molecule has 6 amide bonds. The smallest absolute Gasteiger partial charge is 0.364 e. The first-order valence-electron chi connectivity index (χ1n) is 46.2. The molecule has 0 aliphatic carbocycles. The summed E-state index contributed by atoms with van der Waals surface area (Å²) in [4.78, 5) is 90.9. The van der Waals surface area contributed by atoms with Gasteiger partial charge in [0.25, 0.3) is 5.79 Å². The zero-order valence-electron chi connectivity index (χ0n) is 78.7. The maximum absolute atomic E-state index is 13.5. The first-order valence-corrected chi connectivity index (χ1v) is 46.2. The lowest BCUT2D eigenvalue weighted by Gasteiger charge is -2.52. The van der Waals surface area contributed by atoms with Crippen LogP contribution in [0.3, 0.4) is 0 Å². The van der Waals surface area contributed by atoms with Crippen LogP contribution in [0.25, 0.3) is 0 Å². The van der Waals surface area contributed by atoms with Crippen LogP contribution in [-0.2, 0) is 128 Å². The Bertz CT molecular complexity index is 4110. The van der Waals surface area contributed by atoms with E-state index < -0.39 is 464 Å². The summed E-state index contributed by atoms with van der Waals surface area (Å²) in [6, 6.07) is -12.0. The van der Waals surface area contributed by atoms with E-state index in [1.165, 1.54) is 0 Å². The number of carbonyl (C=O) groups is 7. The van der Waals surface area contributed by atoms with Gasteiger partial charge in [0, 0.05) is 48.0 Å². The molecule has 0 bridgehead atoms. The van der Waals surface area contributed by atoms with Gasteiger partial charge < -0.3 is 290 Å². The lowest BCUT2D eigenvalue weighted by Crippen LogP contribution is -2.71. The Morgan fingerprint density at radius 1 is 0.308 bits per heavy atom. The van der Waals surface area contributed by atoms with Crippen LogP contribution in [0, 0.1) is 0 Å². The zero-order chi connectivity index (χ0) is 108. The van der Waals surface area contributed by atoms with E-state index in [0.717, 1.165) is 41.5 Å². The van der Waals surface area contributed by atoms with Gasteiger partial charge in [-0.25, -0.2) is 4.79 Å². The molecule has 10 rings (SSSR count). The predicted molar refractivity (Wildman–Crippen MR) is 451 cm³/mol. The number of nitrogens with one attached hydrogen (secondary N) is 6. The number of rotatable bonds is 44. The van der Waals surface area contributed by atoms with Crippen molar-refractivity contribution in [2.24, 2.45) is 0 Å². The number of aliphatic carboxylic acids is 1. The van der Waals surface area contributed by atoms with E-state index in [4.69, 9.17) is 94.7 Å². The van der Waals surface area contributed by atoms with Gasteiger partial charge in [0.1, 0.15) is 256 Å². The fourth-order valence-electron chi connectivity index (χ4n) is 18.4. The Labute approximate surface area is 826 Å². The molecule has 0 radical (unpaired) electrons. The first-order chi connectivity index (χ1) is 68.9. The number of hydrogen-bond donors (Lipinski definition) is 38. The van der Waals surface area contributed by atoms with Crippen LogP contribution in [-0.4, -0.2) is 621 Å². The van der Waals surface area contributed by atoms with E-state index in [9.17, 15) is 197 Å². The summed E-state index contributed by atoms with van der Waals surface area (Å²) < 4.78 is 122. The van der Waals surface area contributed by atoms with Gasteiger partial charge in [-0.1, -0.05) is 0 Å². The standard InChI is InChI=1S/C81H136N6O59/c1-20(98)82-26(8-88)44(107)62(29(106)10-90)138-72-41(85-23(4)101)52(115)65(36(17-97)133-72)141-77-61(124)68(66(142-71-40(84-22(3)100)51(114)46(109)30(11-91)129-71)38(137-77)18-127-78-69(57(120)48(111)32(13-93)131-78)144-73-42(86-24(5)102)53(116)63(34(15-95)134-73)139-75-59(122)55(118)47(110)31(12-92)130-75)143-79-70(58(121)49(112)33(14-94)132-79)145-74-43(87-25(6)103)54(117)64(35(16-96)135-74)140-76-60(123)56(119)50(113)37(136-76)19-128-81(80(125)126)7-27(104)39(83-21(2)99)67(146-81)45(108)28(105)9-89/h26-79,88-97,104-124H,7-19H2,1-6H3,(H,82,98)(H,83,99)(H,84,100)(H,85,101)(H,86,102)(H,87,103)(H,125,126)/t26-,27-,28+,29+,30+,31+,32+,33+,34+,35+,36+,37+,38+,39+,40+,41+,42+,43+,44+,45+,46+,47-,48+,49+,50-,51+,52+,53+,54+,55-,56-,57-,58-,59+,60+,61-,62+,63+,64+,65+,66+,67+,68+,69-,70-,71-,72-,73-,74-,75-,76-,77-,78-,79+,81+/m0/s1. The molecule has 10 aliphatic rings. The second-order valence-corrected chi connectivity index (χ2v) is 36.5. The SMILES string of the molecule is CC(=O)N[C@H]1[C@H](O[C@@H]([C@H](O)[C@H](CO)NC(C)=O)[C@H](O)CO)O[C@H](CO)[C@@H](O[C@@H]2O[C@H](CO[C@H]3O[C@H](CO)[C@@H](O)[C@H](O)[C@@H]3O[C@@H]3O[C@H](CO)[C@@H](O[C@@H]4O[C@H](CO)[C@H](O)[C@H](O)[C@H]4O)[C@H](O)[C@H]3NC(C)=O)[C@@H](O[C@@H]3O[C@H](CO)[C@@H](O)[C@H](O)[C@H]3NC(C)=O)[C@H](O[C@H]3O[C@H](CO)[C@@H](O)[C@H](O)[C@@H]3O[C@@H]3O[C@H](CO)[C@@H](O[C@@H]4O[C@H](CO[C@]5(C(=O)O)C[C@H](O)[C@@H](NC(C)=O)[C@H]([C@H](O)[C@H](O)CO)O5)[C@H](O)[C@H](O)[C@H]4O)[C@H](O)[C@H]3NC(C)=O)[C@@H]2O)[C@@H]1O. The van der Waals surface area contributed by atoms with Gasteiger partial charge >= 0.3 is 5.97 Å². The Morgan fingerprint density at radius 3 is 1.05 bits per heavy atom. The summed E-state index contributed by atoms with van der Waals surface area (Å²) in [5.74, 6) is -11.3. The Balaban J connectivity index is 1.06. The molecule has 38 N–H and O–H groups in total. The van der Waals surface area contributed by atoms with Crippen molar-refractivity contribution in [2.45, 2.75) is 385 Å². The van der Waals surface area contributed by atoms with Crippen LogP contribution in [0.5, 0.6) is 0 Å². The van der Waals surface area contributed by atoms with E-state index in [2.05, 4.69) is 31.9 Å². The molecule has 0 saturated carbocycles. The van der Waals surface area contributed by atoms with Crippen molar-refractivity contribution in [2.75, 3.05) is 79.3 Å². The normalized spacial score (nSPS) is 44.7. The van der Waals surface area contributed by atoms with Crippen molar-refractivity contribution in [1.82, 2.24) is 31.9 Å². The van der Waals surface area contributed by atoms with E-state index >= 15 is 0 Å². The van der Waals surface area contributed by atoms with Crippen molar-refractivity contribution in [3.05, 3.63) is 0 Å². The topological polar surface area (TPSA) is 1020 Å². The fraction of sp³-hybridized carbons (Fsp3) is 0.914. The minimum absolute atomic E-state index is 0.818. The fourth-order valence-corrected chi connectivity index (χ4v) is 18.4. The molecule has 10 aliphatic heterocycles. The molecule has 10 heterocycles. The number of aliphatic hydroxyl groups excluding tert-OH is 31. The third kappa shape index (κ3) is 27.9. The van der Waals surface area contributed by atoms with E-state index in [-0.39, 0.29) is 0 Å². The molecule has 0 spiro atoms. The zero-order valence-corrected chi connectivity index (χ0v) is 78.7. The third-order valence-corrected chi connectivity index (χ3v) is 26.0. The van der Waals surface area contributed by atoms with Gasteiger partial charge in [0.2, 0.25) is 35.4 Å². The van der Waals surface area contributed by atoms with Gasteiger partial charge in [0.05, 0.1) is 97.5 Å². The molecule has 146 heavy (non-hydrogen) atoms. The molecule has 0 unspecified atom stereocenters. The van der Waals surface area contributed by atoms with E-state index in [0.29, 0.717) is 0 Å². The summed E-state index contributed by atoms with van der Waals surface area (Å²) in [6.45, 7) is -9.84. The number of ether oxygens (including phenoxy) is 20. The molecule has 65 heteroatoms. The lowest BCUT2D eigenvalue weighted by atomic mass is 9.88. The molecular formula is C81H136N6O59. The van der Waals surface area contributed by atoms with Gasteiger partial charge in [-0.15, -0.1) is 0 Å². The summed E-state index contributed by atoms with van der Waals surface area (Å²) >= 11 is 0. The average Bonchev–Trinajstić information content (AvgIpc) is 0.740. The predicted octanol–water partition coefficient (Wildman–Crippen LogP) is -25.3. The van der Waals surface area contributed by atoms with Crippen LogP contribution in [0.1, 0.15) is 48.0 Å². The van der Waals surface area contributed by atoms with Crippen molar-refractivity contribution in [3.63, 3.8) is 0 Å². The quantitative estimate of drug-likeness (QED) is 0.0269. The lowest BCUT2D eigenvalue weighted by molar-refractivity contribution is -0.408. The highest BCUT2D eigenvalue weighted by Gasteiger charge is 2.64. The Hall–Kier alpha value is -5.75. The highest BCUT2D eigenvalue weighted by molar-refractivity contribution is 5.77. The summed E-state index contributed by atoms with van der Waals surface area (Å²) in [7, 11) is 0. The average molecular weight is 2140 g/mol. The van der Waals surface area contributed by atoms with Gasteiger partial charge in [-0.2, -0.15) is 0 Å². The Morgan fingerprint density at radius 2 is 0.637 bits per heavy atom. The third-order valence-electron chi connectivity index (χ3n) is 26.0. The summed E-state index contributed by atoms with van der Waals surface area (Å²) in [5.41, 5.74) is 0. The van der Waals surface area contributed by atoms with Crippen molar-refractivity contribution < 1.29 is 292 Å². The van der Waals surface area contributed by atoms with Crippen LogP contribution in [0.15, 0.2) is 0 Å². The molecule has 0 aromatic carbocycles. The molecule has 0 aromatic heterocycles. The molecular weight excluding hydrogens is 2000 g/mol. The Kier molecular flexibility index (Phi) is 45.1. The number of hydrogen-bond acceptors (Lipinski definition) is 58. The van der Waals surface area contributed by atoms with Crippen LogP contribution in [0.2, 0.25) is 0 Å². The largest absolute Gasteiger partial charge is 0.477 e. The highest BCUT2D eigenvalue weighted by Crippen LogP contribution is 2.43. The number of amides is 6. The molecule has 10 fully saturated rings. The number of carbonyl (C=O) groups excluding carboxylic acids is 6. The summed E-state index contributed by atoms with van der Waals surface area (Å²) in [6.07, 6.45) is -112. The van der Waals surface area contributed by atoms with E-state index in [1.54, 1.807) is 0 Å². The number of aliphatic hydroxyl groups is 31. The second-order valence-electron chi connectivity index (χ2n) is 36.5. The maximum atomic E-state index is 13.5. The molecule has 10 saturated heterocycles. The number of carboxylic acid groups (broad SMARTS) is 1. The first kappa shape index (κ1) is 122. The van der Waals surface area contributed by atoms with Crippen molar-refractivity contribution in [1.29, 1.82) is 0 Å². The summed E-state index contributed by atoms with van der Waals surface area (Å²) in [5, 5.41) is 375. The molecule has 0 aromatic rings. The highest BCUT2D eigenvalue weighted by atomic mass is 16.8. The maximum Gasteiger partial charge on any atom is 0.364 e. The van der Waals surface area contributed by atoms with Gasteiger partial charge in [0.15, 0.2) is 56.6 Å². The molecule has 55 atom stereocenters. The monoisotopic (exact) mass is 2140 g/mol. The minimum Gasteiger partial charge on any atom is -0.477 e. The van der Waals surface area contributed by atoms with Crippen molar-refractivity contribution in [3.8, 4) is 0 Å². The second kappa shape index (κ2) is 53.9. The van der Waals surface area contributed by atoms with Crippen molar-refractivity contribution >= 4 is 41.4 Å². The minimum atomic E-state index is -3.16. The van der Waals surface area contributed by atoms with Gasteiger partial charge in [-0.3, -0.25) is 28.8 Å².